The zero-order valence-corrected chi connectivity index (χ0v) is 15.3. The van der Waals surface area contributed by atoms with Gasteiger partial charge < -0.3 is 46.4 Å². The summed E-state index contributed by atoms with van der Waals surface area (Å²) in [7, 11) is 0. The van der Waals surface area contributed by atoms with Crippen LogP contribution in [0.15, 0.2) is 8.94 Å². The number of nitrogens with zero attached hydrogens (tertiary/aromatic N) is 4. The summed E-state index contributed by atoms with van der Waals surface area (Å²) in [6.07, 6.45) is -1.52. The van der Waals surface area contributed by atoms with E-state index in [1.54, 1.807) is 0 Å². The molecular weight excluding hydrogens is 392 g/mol. The largest absolute Gasteiger partial charge is 0.420 e. The third-order valence-corrected chi connectivity index (χ3v) is 3.65. The second-order valence-electron chi connectivity index (χ2n) is 6.03. The molecule has 15 heteroatoms. The maximum atomic E-state index is 12.4. The van der Waals surface area contributed by atoms with Gasteiger partial charge >= 0.3 is 6.03 Å². The van der Waals surface area contributed by atoms with Crippen molar-refractivity contribution in [2.45, 2.75) is 44.2 Å². The lowest BCUT2D eigenvalue weighted by molar-refractivity contribution is -0.118. The topological polar surface area (TPSA) is 249 Å². The normalized spacial score (nSPS) is 15.3. The highest BCUT2D eigenvalue weighted by Gasteiger charge is 2.29. The first-order chi connectivity index (χ1) is 13.7. The van der Waals surface area contributed by atoms with Crippen molar-refractivity contribution in [3.63, 3.8) is 0 Å². The molecule has 9 N–H and O–H groups in total. The lowest BCUT2D eigenvalue weighted by Gasteiger charge is -2.20. The maximum absolute atomic E-state index is 12.4. The van der Waals surface area contributed by atoms with Crippen LogP contribution < -0.4 is 22.1 Å². The predicted molar refractivity (Wildman–Crippen MR) is 91.2 cm³/mol. The highest BCUT2D eigenvalue weighted by Crippen LogP contribution is 2.19. The van der Waals surface area contributed by atoms with Crippen LogP contribution in [0.2, 0.25) is 0 Å². The van der Waals surface area contributed by atoms with Crippen molar-refractivity contribution in [2.75, 3.05) is 6.61 Å². The van der Waals surface area contributed by atoms with Crippen LogP contribution >= 0.6 is 0 Å². The Labute approximate surface area is 163 Å². The van der Waals surface area contributed by atoms with E-state index in [9.17, 15) is 14.7 Å². The molecule has 0 aliphatic heterocycles. The molecule has 4 atom stereocenters. The molecule has 29 heavy (non-hydrogen) atoms. The number of primary amides is 1. The number of urea groups is 1. The van der Waals surface area contributed by atoms with Crippen LogP contribution in [0.3, 0.4) is 0 Å². The summed E-state index contributed by atoms with van der Waals surface area (Å²) >= 11 is 0. The number of rotatable bonds is 10. The average Bonchev–Trinajstić information content (AvgIpc) is 3.33. The van der Waals surface area contributed by atoms with Gasteiger partial charge in [0.25, 0.3) is 0 Å². The predicted octanol–water partition coefficient (Wildman–Crippen LogP) is -2.73. The quantitative estimate of drug-likeness (QED) is 0.209. The summed E-state index contributed by atoms with van der Waals surface area (Å²) in [5, 5.41) is 43.5. The van der Waals surface area contributed by atoms with E-state index in [1.165, 1.54) is 6.92 Å². The number of aliphatic hydroxyl groups is 3. The molecule has 0 aliphatic rings. The molecule has 160 valence electrons. The minimum absolute atomic E-state index is 0.0246. The van der Waals surface area contributed by atoms with Gasteiger partial charge in [0.15, 0.2) is 5.82 Å². The van der Waals surface area contributed by atoms with Crippen LogP contribution in [-0.2, 0) is 11.4 Å². The van der Waals surface area contributed by atoms with Crippen LogP contribution in [0.1, 0.15) is 55.0 Å². The smallest absolute Gasteiger partial charge is 0.316 e. The standard InChI is InChI=1S/C14H22N8O7/c1-5(25)10(13-21-20-9(4-24)28-13)18-14(27)17-7(2-8(16)26)12-19-11(22-29-12)6(15)3-23/h5-7,10,23-25H,2-4,15H2,1H3,(H2,16,26)(H2,17,18,27)/t5-,6-,7-,10?/m0/s1. The maximum Gasteiger partial charge on any atom is 0.316 e. The number of carbonyl (C=O) groups is 2. The van der Waals surface area contributed by atoms with Gasteiger partial charge in [0.05, 0.1) is 25.2 Å². The third kappa shape index (κ3) is 5.92. The first-order valence-corrected chi connectivity index (χ1v) is 8.41. The van der Waals surface area contributed by atoms with Crippen LogP contribution in [-0.4, -0.2) is 60.3 Å². The van der Waals surface area contributed by atoms with Gasteiger partial charge in [-0.25, -0.2) is 4.79 Å². The zero-order valence-electron chi connectivity index (χ0n) is 15.3. The number of hydrogen-bond donors (Lipinski definition) is 7. The van der Waals surface area contributed by atoms with Crippen LogP contribution in [0, 0.1) is 0 Å². The summed E-state index contributed by atoms with van der Waals surface area (Å²) < 4.78 is 10.1. The highest BCUT2D eigenvalue weighted by atomic mass is 16.5. The lowest BCUT2D eigenvalue weighted by Crippen LogP contribution is -2.44. The summed E-state index contributed by atoms with van der Waals surface area (Å²) in [6.45, 7) is 0.417. The number of nitrogens with one attached hydrogen (secondary N) is 2. The fourth-order valence-electron chi connectivity index (χ4n) is 2.21. The first kappa shape index (κ1) is 22.2. The second kappa shape index (κ2) is 9.87. The Bertz CT molecular complexity index is 823. The van der Waals surface area contributed by atoms with E-state index in [1.807, 2.05) is 0 Å². The molecule has 0 aromatic carbocycles. The molecule has 0 radical (unpaired) electrons. The fourth-order valence-corrected chi connectivity index (χ4v) is 2.21. The van der Waals surface area contributed by atoms with Gasteiger partial charge in [-0.1, -0.05) is 5.16 Å². The molecule has 0 aliphatic carbocycles. The van der Waals surface area contributed by atoms with Gasteiger partial charge in [0.2, 0.25) is 23.6 Å². The van der Waals surface area contributed by atoms with Crippen molar-refractivity contribution in [3.8, 4) is 0 Å². The Morgan fingerprint density at radius 3 is 2.48 bits per heavy atom. The van der Waals surface area contributed by atoms with E-state index < -0.39 is 49.4 Å². The Morgan fingerprint density at radius 2 is 1.93 bits per heavy atom. The second-order valence-corrected chi connectivity index (χ2v) is 6.03. The molecule has 0 saturated heterocycles. The van der Waals surface area contributed by atoms with E-state index in [2.05, 4.69) is 31.0 Å². The minimum atomic E-state index is -1.14. The minimum Gasteiger partial charge on any atom is -0.420 e. The van der Waals surface area contributed by atoms with Gasteiger partial charge in [0.1, 0.15) is 18.7 Å². The fraction of sp³-hybridized carbons (Fsp3) is 0.571. The molecule has 2 aromatic heterocycles. The number of aliphatic hydroxyl groups excluding tert-OH is 3. The molecular formula is C14H22N8O7. The van der Waals surface area contributed by atoms with Gasteiger partial charge in [-0.15, -0.1) is 10.2 Å². The zero-order chi connectivity index (χ0) is 21.6. The number of hydrogen-bond acceptors (Lipinski definition) is 12. The molecule has 0 spiro atoms. The SMILES string of the molecule is C[C@H](O)C(NC(=O)N[C@@H](CC(N)=O)c1nc([C@@H](N)CO)no1)c1nnc(CO)o1. The number of aromatic nitrogens is 4. The van der Waals surface area contributed by atoms with E-state index >= 15 is 0 Å². The van der Waals surface area contributed by atoms with E-state index in [0.29, 0.717) is 0 Å². The van der Waals surface area contributed by atoms with Crippen molar-refractivity contribution in [3.05, 3.63) is 23.5 Å². The Kier molecular flexibility index (Phi) is 7.54. The van der Waals surface area contributed by atoms with Crippen molar-refractivity contribution >= 4 is 11.9 Å². The number of carbonyl (C=O) groups excluding carboxylic acids is 2. The summed E-state index contributed by atoms with van der Waals surface area (Å²) in [5.41, 5.74) is 10.8. The number of nitrogens with two attached hydrogens (primary N) is 2. The molecule has 2 heterocycles. The summed E-state index contributed by atoms with van der Waals surface area (Å²) in [4.78, 5) is 27.7. The Morgan fingerprint density at radius 1 is 1.21 bits per heavy atom. The van der Waals surface area contributed by atoms with Crippen molar-refractivity contribution in [1.82, 2.24) is 31.0 Å². The monoisotopic (exact) mass is 414 g/mol. The molecule has 2 rings (SSSR count). The van der Waals surface area contributed by atoms with E-state index in [0.717, 1.165) is 0 Å². The van der Waals surface area contributed by atoms with Crippen LogP contribution in [0.4, 0.5) is 4.79 Å². The van der Waals surface area contributed by atoms with Crippen LogP contribution in [0.5, 0.6) is 0 Å². The highest BCUT2D eigenvalue weighted by molar-refractivity contribution is 5.78. The summed E-state index contributed by atoms with van der Waals surface area (Å²) in [5.74, 6) is -1.19. The molecule has 2 aromatic rings. The van der Waals surface area contributed by atoms with E-state index in [4.69, 9.17) is 30.6 Å². The van der Waals surface area contributed by atoms with Gasteiger partial charge in [0, 0.05) is 0 Å². The van der Waals surface area contributed by atoms with Crippen LogP contribution in [0.25, 0.3) is 0 Å². The molecule has 0 fully saturated rings. The number of amides is 3. The average molecular weight is 414 g/mol. The van der Waals surface area contributed by atoms with E-state index in [-0.39, 0.29) is 29.9 Å². The molecule has 0 saturated carbocycles. The molecule has 0 bridgehead atoms. The van der Waals surface area contributed by atoms with Crippen molar-refractivity contribution in [2.24, 2.45) is 11.5 Å². The molecule has 15 nitrogen and oxygen atoms in total. The first-order valence-electron chi connectivity index (χ1n) is 8.41. The Hall–Kier alpha value is -3.14. The summed E-state index contributed by atoms with van der Waals surface area (Å²) in [6, 6.07) is -3.98. The van der Waals surface area contributed by atoms with Crippen molar-refractivity contribution < 1.29 is 33.8 Å². The van der Waals surface area contributed by atoms with Crippen molar-refractivity contribution in [1.29, 1.82) is 0 Å². The van der Waals surface area contributed by atoms with Gasteiger partial charge in [-0.2, -0.15) is 4.98 Å². The van der Waals surface area contributed by atoms with Gasteiger partial charge in [-0.05, 0) is 6.92 Å². The molecule has 1 unspecified atom stereocenters. The third-order valence-electron chi connectivity index (χ3n) is 3.65. The van der Waals surface area contributed by atoms with Gasteiger partial charge in [-0.3, -0.25) is 4.79 Å². The molecule has 3 amide bonds. The lowest BCUT2D eigenvalue weighted by atomic mass is 10.1. The Balaban J connectivity index is 2.13.